The van der Waals surface area contributed by atoms with Gasteiger partial charge in [-0.3, -0.25) is 0 Å². The molecular formula is C17H28N2. The van der Waals surface area contributed by atoms with Crippen LogP contribution in [0.5, 0.6) is 0 Å². The van der Waals surface area contributed by atoms with Gasteiger partial charge in [0.1, 0.15) is 0 Å². The standard InChI is InChI=1S/C17H28N2/c1-4-15-7-5-8-17(13-15)18-16-9-6-11-19(12-10-16)14(2)3/h5,7-8,13-14,16,18H,4,6,9-12H2,1-3H3. The zero-order valence-corrected chi connectivity index (χ0v) is 12.7. The highest BCUT2D eigenvalue weighted by Crippen LogP contribution is 2.19. The van der Waals surface area contributed by atoms with Crippen molar-refractivity contribution in [3.63, 3.8) is 0 Å². The van der Waals surface area contributed by atoms with Crippen molar-refractivity contribution < 1.29 is 0 Å². The lowest BCUT2D eigenvalue weighted by Gasteiger charge is -2.24. The Morgan fingerprint density at radius 2 is 2.11 bits per heavy atom. The topological polar surface area (TPSA) is 15.3 Å². The van der Waals surface area contributed by atoms with Crippen LogP contribution in [0.3, 0.4) is 0 Å². The van der Waals surface area contributed by atoms with Crippen LogP contribution in [0.2, 0.25) is 0 Å². The summed E-state index contributed by atoms with van der Waals surface area (Å²) in [5.41, 5.74) is 2.71. The molecule has 2 heteroatoms. The molecule has 1 aromatic carbocycles. The highest BCUT2D eigenvalue weighted by Gasteiger charge is 2.18. The second-order valence-electron chi connectivity index (χ2n) is 5.96. The van der Waals surface area contributed by atoms with E-state index in [4.69, 9.17) is 0 Å². The molecule has 1 N–H and O–H groups in total. The van der Waals surface area contributed by atoms with Gasteiger partial charge >= 0.3 is 0 Å². The van der Waals surface area contributed by atoms with Crippen molar-refractivity contribution in [2.75, 3.05) is 18.4 Å². The molecule has 2 nitrogen and oxygen atoms in total. The van der Waals surface area contributed by atoms with Crippen molar-refractivity contribution in [1.29, 1.82) is 0 Å². The Balaban J connectivity index is 1.92. The molecule has 1 saturated heterocycles. The van der Waals surface area contributed by atoms with Crippen LogP contribution in [0, 0.1) is 0 Å². The molecular weight excluding hydrogens is 232 g/mol. The molecule has 0 aliphatic carbocycles. The van der Waals surface area contributed by atoms with E-state index >= 15 is 0 Å². The molecule has 0 aromatic heterocycles. The van der Waals surface area contributed by atoms with Gasteiger partial charge in [0.25, 0.3) is 0 Å². The molecule has 1 fully saturated rings. The zero-order valence-electron chi connectivity index (χ0n) is 12.7. The van der Waals surface area contributed by atoms with Gasteiger partial charge in [-0.15, -0.1) is 0 Å². The third kappa shape index (κ3) is 4.24. The first-order chi connectivity index (χ1) is 9.19. The lowest BCUT2D eigenvalue weighted by Crippen LogP contribution is -2.32. The van der Waals surface area contributed by atoms with Crippen LogP contribution in [-0.4, -0.2) is 30.1 Å². The first-order valence-electron chi connectivity index (χ1n) is 7.78. The molecule has 1 aliphatic rings. The number of hydrogen-bond acceptors (Lipinski definition) is 2. The third-order valence-electron chi connectivity index (χ3n) is 4.20. The lowest BCUT2D eigenvalue weighted by molar-refractivity contribution is 0.230. The van der Waals surface area contributed by atoms with Crippen LogP contribution in [0.4, 0.5) is 5.69 Å². The van der Waals surface area contributed by atoms with E-state index in [0.717, 1.165) is 6.42 Å². The molecule has 0 saturated carbocycles. The smallest absolute Gasteiger partial charge is 0.0345 e. The van der Waals surface area contributed by atoms with Gasteiger partial charge < -0.3 is 10.2 Å². The van der Waals surface area contributed by atoms with Crippen LogP contribution in [0.1, 0.15) is 45.6 Å². The summed E-state index contributed by atoms with van der Waals surface area (Å²) in [7, 11) is 0. The molecule has 1 aliphatic heterocycles. The second kappa shape index (κ2) is 6.95. The van der Waals surface area contributed by atoms with E-state index in [1.165, 1.54) is 43.6 Å². The Kier molecular flexibility index (Phi) is 5.26. The molecule has 19 heavy (non-hydrogen) atoms. The van der Waals surface area contributed by atoms with Crippen molar-refractivity contribution in [3.8, 4) is 0 Å². The average Bonchev–Trinajstić information content (AvgIpc) is 2.65. The predicted octanol–water partition coefficient (Wildman–Crippen LogP) is 3.92. The number of benzene rings is 1. The third-order valence-corrected chi connectivity index (χ3v) is 4.20. The summed E-state index contributed by atoms with van der Waals surface area (Å²) < 4.78 is 0. The number of anilines is 1. The molecule has 2 rings (SSSR count). The minimum atomic E-state index is 0.635. The first-order valence-corrected chi connectivity index (χ1v) is 7.78. The molecule has 0 radical (unpaired) electrons. The zero-order chi connectivity index (χ0) is 13.7. The summed E-state index contributed by atoms with van der Waals surface area (Å²) in [4.78, 5) is 2.60. The van der Waals surface area contributed by atoms with Crippen molar-refractivity contribution in [1.82, 2.24) is 4.90 Å². The Hall–Kier alpha value is -1.02. The van der Waals surface area contributed by atoms with E-state index in [9.17, 15) is 0 Å². The van der Waals surface area contributed by atoms with Crippen molar-refractivity contribution >= 4 is 5.69 Å². The summed E-state index contributed by atoms with van der Waals surface area (Å²) in [5.74, 6) is 0. The van der Waals surface area contributed by atoms with Gasteiger partial charge in [-0.05, 0) is 63.8 Å². The summed E-state index contributed by atoms with van der Waals surface area (Å²) in [6.45, 7) is 9.30. The van der Waals surface area contributed by atoms with E-state index in [-0.39, 0.29) is 0 Å². The van der Waals surface area contributed by atoms with Gasteiger partial charge in [0.05, 0.1) is 0 Å². The maximum Gasteiger partial charge on any atom is 0.0345 e. The monoisotopic (exact) mass is 260 g/mol. The Morgan fingerprint density at radius 1 is 1.26 bits per heavy atom. The van der Waals surface area contributed by atoms with Gasteiger partial charge in [-0.2, -0.15) is 0 Å². The number of hydrogen-bond donors (Lipinski definition) is 1. The van der Waals surface area contributed by atoms with E-state index in [1.807, 2.05) is 0 Å². The quantitative estimate of drug-likeness (QED) is 0.882. The van der Waals surface area contributed by atoms with Crippen LogP contribution in [0.25, 0.3) is 0 Å². The van der Waals surface area contributed by atoms with Crippen LogP contribution >= 0.6 is 0 Å². The summed E-state index contributed by atoms with van der Waals surface area (Å²) >= 11 is 0. The van der Waals surface area contributed by atoms with Gasteiger partial charge in [-0.25, -0.2) is 0 Å². The first kappa shape index (κ1) is 14.4. The average molecular weight is 260 g/mol. The second-order valence-corrected chi connectivity index (χ2v) is 5.96. The number of nitrogens with zero attached hydrogens (tertiary/aromatic N) is 1. The fourth-order valence-corrected chi connectivity index (χ4v) is 2.90. The normalized spacial score (nSPS) is 21.4. The number of likely N-dealkylation sites (tertiary alicyclic amines) is 1. The van der Waals surface area contributed by atoms with Crippen molar-refractivity contribution in [2.24, 2.45) is 0 Å². The number of aryl methyl sites for hydroxylation is 1. The molecule has 106 valence electrons. The lowest BCUT2D eigenvalue weighted by atomic mass is 10.1. The van der Waals surface area contributed by atoms with Crippen LogP contribution < -0.4 is 5.32 Å². The predicted molar refractivity (Wildman–Crippen MR) is 83.8 cm³/mol. The molecule has 1 atom stereocenters. The molecule has 1 aromatic rings. The van der Waals surface area contributed by atoms with E-state index in [0.29, 0.717) is 12.1 Å². The van der Waals surface area contributed by atoms with Gasteiger partial charge in [0.15, 0.2) is 0 Å². The van der Waals surface area contributed by atoms with Crippen molar-refractivity contribution in [2.45, 2.75) is 58.5 Å². The fourth-order valence-electron chi connectivity index (χ4n) is 2.90. The number of nitrogens with one attached hydrogen (secondary N) is 1. The minimum Gasteiger partial charge on any atom is -0.382 e. The summed E-state index contributed by atoms with van der Waals surface area (Å²) in [6, 6.07) is 10.2. The van der Waals surface area contributed by atoms with E-state index < -0.39 is 0 Å². The van der Waals surface area contributed by atoms with E-state index in [2.05, 4.69) is 55.3 Å². The van der Waals surface area contributed by atoms with Gasteiger partial charge in [0.2, 0.25) is 0 Å². The number of rotatable bonds is 4. The molecule has 0 spiro atoms. The summed E-state index contributed by atoms with van der Waals surface area (Å²) in [5, 5.41) is 3.73. The van der Waals surface area contributed by atoms with Crippen LogP contribution in [0.15, 0.2) is 24.3 Å². The van der Waals surface area contributed by atoms with Crippen molar-refractivity contribution in [3.05, 3.63) is 29.8 Å². The highest BCUT2D eigenvalue weighted by atomic mass is 15.1. The Morgan fingerprint density at radius 3 is 2.84 bits per heavy atom. The molecule has 0 amide bonds. The van der Waals surface area contributed by atoms with Gasteiger partial charge in [-0.1, -0.05) is 19.1 Å². The SMILES string of the molecule is CCc1cccc(NC2CCCN(C(C)C)CC2)c1. The maximum absolute atomic E-state index is 3.73. The highest BCUT2D eigenvalue weighted by molar-refractivity contribution is 5.46. The Bertz CT molecular complexity index is 387. The fraction of sp³-hybridized carbons (Fsp3) is 0.647. The maximum atomic E-state index is 3.73. The molecule has 1 unspecified atom stereocenters. The van der Waals surface area contributed by atoms with Gasteiger partial charge in [0, 0.05) is 24.3 Å². The largest absolute Gasteiger partial charge is 0.382 e. The van der Waals surface area contributed by atoms with Crippen LogP contribution in [-0.2, 0) is 6.42 Å². The molecule has 0 bridgehead atoms. The Labute approximate surface area is 118 Å². The summed E-state index contributed by atoms with van der Waals surface area (Å²) in [6.07, 6.45) is 4.97. The minimum absolute atomic E-state index is 0.635. The van der Waals surface area contributed by atoms with E-state index in [1.54, 1.807) is 0 Å². The molecule has 1 heterocycles.